The molecule has 0 aromatic heterocycles. The molecule has 0 unspecified atom stereocenters. The molecular weight excluding hydrogens is 319 g/mol. The first-order chi connectivity index (χ1) is 12.1. The molecule has 1 atom stereocenters. The van der Waals surface area contributed by atoms with E-state index in [0.29, 0.717) is 12.1 Å². The maximum atomic E-state index is 13.6. The van der Waals surface area contributed by atoms with Gasteiger partial charge in [0.15, 0.2) is 0 Å². The molecular formula is C20H21FN2O2. The second-order valence-corrected chi connectivity index (χ2v) is 6.23. The third-order valence-electron chi connectivity index (χ3n) is 4.56. The number of carbonyl (C=O) groups excluding carboxylic acids is 2. The van der Waals surface area contributed by atoms with Gasteiger partial charge in [-0.25, -0.2) is 4.39 Å². The molecule has 130 valence electrons. The highest BCUT2D eigenvalue weighted by Gasteiger charge is 2.35. The van der Waals surface area contributed by atoms with Crippen molar-refractivity contribution in [3.8, 4) is 0 Å². The van der Waals surface area contributed by atoms with Crippen LogP contribution in [0.15, 0.2) is 48.5 Å². The highest BCUT2D eigenvalue weighted by atomic mass is 19.1. The zero-order chi connectivity index (χ0) is 17.8. The van der Waals surface area contributed by atoms with Crippen LogP contribution in [0.4, 0.5) is 10.1 Å². The van der Waals surface area contributed by atoms with Gasteiger partial charge in [0.25, 0.3) is 0 Å². The fraction of sp³-hybridized carbons (Fsp3) is 0.300. The Kier molecular flexibility index (Phi) is 5.12. The predicted molar refractivity (Wildman–Crippen MR) is 94.5 cm³/mol. The van der Waals surface area contributed by atoms with Crippen LogP contribution in [0.5, 0.6) is 0 Å². The van der Waals surface area contributed by atoms with Crippen molar-refractivity contribution in [2.24, 2.45) is 5.92 Å². The lowest BCUT2D eigenvalue weighted by Crippen LogP contribution is -2.32. The average molecular weight is 340 g/mol. The second kappa shape index (κ2) is 7.47. The second-order valence-electron chi connectivity index (χ2n) is 6.23. The molecule has 0 bridgehead atoms. The maximum Gasteiger partial charge on any atom is 0.227 e. The van der Waals surface area contributed by atoms with Crippen molar-refractivity contribution in [2.45, 2.75) is 26.3 Å². The standard InChI is InChI=1S/C20H21FN2O2/c1-2-14-7-9-17(10-8-14)23-13-16(11-19(23)24)20(25)22-12-15-5-3-4-6-18(15)21/h3-10,16H,2,11-13H2,1H3,(H,22,25)/t16-/m0/s1. The molecule has 3 rings (SSSR count). The van der Waals surface area contributed by atoms with Gasteiger partial charge < -0.3 is 10.2 Å². The molecule has 0 spiro atoms. The fourth-order valence-electron chi connectivity index (χ4n) is 3.01. The van der Waals surface area contributed by atoms with Gasteiger partial charge in [-0.05, 0) is 30.2 Å². The zero-order valence-corrected chi connectivity index (χ0v) is 14.2. The van der Waals surface area contributed by atoms with Crippen LogP contribution in [0.1, 0.15) is 24.5 Å². The van der Waals surface area contributed by atoms with E-state index in [1.165, 1.54) is 11.6 Å². The Bertz CT molecular complexity index is 774. The van der Waals surface area contributed by atoms with Crippen LogP contribution in [0, 0.1) is 11.7 Å². The van der Waals surface area contributed by atoms with E-state index in [0.717, 1.165) is 12.1 Å². The summed E-state index contributed by atoms with van der Waals surface area (Å²) in [5.74, 6) is -1.03. The van der Waals surface area contributed by atoms with E-state index in [-0.39, 0.29) is 30.6 Å². The van der Waals surface area contributed by atoms with Crippen LogP contribution in [0.3, 0.4) is 0 Å². The summed E-state index contributed by atoms with van der Waals surface area (Å²) < 4.78 is 13.6. The van der Waals surface area contributed by atoms with Gasteiger partial charge in [0.05, 0.1) is 5.92 Å². The third kappa shape index (κ3) is 3.87. The third-order valence-corrected chi connectivity index (χ3v) is 4.56. The minimum atomic E-state index is -0.412. The van der Waals surface area contributed by atoms with E-state index < -0.39 is 5.92 Å². The number of anilines is 1. The molecule has 25 heavy (non-hydrogen) atoms. The molecule has 1 aliphatic rings. The summed E-state index contributed by atoms with van der Waals surface area (Å²) in [6, 6.07) is 14.2. The average Bonchev–Trinajstić information content (AvgIpc) is 3.03. The summed E-state index contributed by atoms with van der Waals surface area (Å²) in [4.78, 5) is 26.2. The molecule has 2 amide bonds. The van der Waals surface area contributed by atoms with Crippen LogP contribution < -0.4 is 10.2 Å². The van der Waals surface area contributed by atoms with Gasteiger partial charge in [0.2, 0.25) is 11.8 Å². The lowest BCUT2D eigenvalue weighted by molar-refractivity contribution is -0.126. The Morgan fingerprint density at radius 2 is 1.92 bits per heavy atom. The Hall–Kier alpha value is -2.69. The number of aryl methyl sites for hydroxylation is 1. The first-order valence-electron chi connectivity index (χ1n) is 8.49. The molecule has 1 N–H and O–H groups in total. The summed E-state index contributed by atoms with van der Waals surface area (Å²) in [5.41, 5.74) is 2.45. The summed E-state index contributed by atoms with van der Waals surface area (Å²) in [6.45, 7) is 2.56. The number of nitrogens with one attached hydrogen (secondary N) is 1. The number of halogens is 1. The Balaban J connectivity index is 1.61. The van der Waals surface area contributed by atoms with Crippen LogP contribution >= 0.6 is 0 Å². The molecule has 1 heterocycles. The van der Waals surface area contributed by atoms with Crippen LogP contribution in [0.25, 0.3) is 0 Å². The van der Waals surface area contributed by atoms with Gasteiger partial charge in [-0.2, -0.15) is 0 Å². The van der Waals surface area contributed by atoms with Crippen LogP contribution in [0.2, 0.25) is 0 Å². The predicted octanol–water partition coefficient (Wildman–Crippen LogP) is 3.06. The summed E-state index contributed by atoms with van der Waals surface area (Å²) in [6.07, 6.45) is 1.12. The number of rotatable bonds is 5. The number of carbonyl (C=O) groups is 2. The number of benzene rings is 2. The largest absolute Gasteiger partial charge is 0.352 e. The topological polar surface area (TPSA) is 49.4 Å². The zero-order valence-electron chi connectivity index (χ0n) is 14.2. The first kappa shape index (κ1) is 17.1. The summed E-state index contributed by atoms with van der Waals surface area (Å²) in [5, 5.41) is 2.73. The molecule has 4 nitrogen and oxygen atoms in total. The first-order valence-corrected chi connectivity index (χ1v) is 8.49. The van der Waals surface area contributed by atoms with Gasteiger partial charge >= 0.3 is 0 Å². The number of amides is 2. The maximum absolute atomic E-state index is 13.6. The summed E-state index contributed by atoms with van der Waals surface area (Å²) >= 11 is 0. The molecule has 0 radical (unpaired) electrons. The van der Waals surface area contributed by atoms with Gasteiger partial charge in [0, 0.05) is 30.8 Å². The van der Waals surface area contributed by atoms with E-state index in [2.05, 4.69) is 12.2 Å². The van der Waals surface area contributed by atoms with Crippen molar-refractivity contribution < 1.29 is 14.0 Å². The van der Waals surface area contributed by atoms with Gasteiger partial charge in [-0.1, -0.05) is 37.3 Å². The molecule has 1 saturated heterocycles. The Morgan fingerprint density at radius 3 is 2.60 bits per heavy atom. The molecule has 2 aromatic rings. The number of nitrogens with zero attached hydrogens (tertiary/aromatic N) is 1. The van der Waals surface area contributed by atoms with Crippen molar-refractivity contribution >= 4 is 17.5 Å². The van der Waals surface area contributed by atoms with E-state index in [9.17, 15) is 14.0 Å². The highest BCUT2D eigenvalue weighted by Crippen LogP contribution is 2.25. The van der Waals surface area contributed by atoms with Crippen molar-refractivity contribution in [3.05, 3.63) is 65.5 Å². The lowest BCUT2D eigenvalue weighted by Gasteiger charge is -2.17. The quantitative estimate of drug-likeness (QED) is 0.909. The van der Waals surface area contributed by atoms with Crippen molar-refractivity contribution in [2.75, 3.05) is 11.4 Å². The van der Waals surface area contributed by atoms with Crippen LogP contribution in [-0.2, 0) is 22.6 Å². The highest BCUT2D eigenvalue weighted by molar-refractivity contribution is 6.00. The normalized spacial score (nSPS) is 17.0. The fourth-order valence-corrected chi connectivity index (χ4v) is 3.01. The molecule has 1 aliphatic heterocycles. The number of hydrogen-bond donors (Lipinski definition) is 1. The van der Waals surface area contributed by atoms with Gasteiger partial charge in [-0.15, -0.1) is 0 Å². The smallest absolute Gasteiger partial charge is 0.227 e. The monoisotopic (exact) mass is 340 g/mol. The Morgan fingerprint density at radius 1 is 1.20 bits per heavy atom. The molecule has 1 fully saturated rings. The van der Waals surface area contributed by atoms with E-state index in [4.69, 9.17) is 0 Å². The van der Waals surface area contributed by atoms with Crippen LogP contribution in [-0.4, -0.2) is 18.4 Å². The lowest BCUT2D eigenvalue weighted by atomic mass is 10.1. The molecule has 0 aliphatic carbocycles. The Labute approximate surface area is 146 Å². The van der Waals surface area contributed by atoms with Crippen molar-refractivity contribution in [1.82, 2.24) is 5.32 Å². The van der Waals surface area contributed by atoms with E-state index in [1.54, 1.807) is 23.1 Å². The summed E-state index contributed by atoms with van der Waals surface area (Å²) in [7, 11) is 0. The number of hydrogen-bond acceptors (Lipinski definition) is 2. The minimum absolute atomic E-state index is 0.0599. The SMILES string of the molecule is CCc1ccc(N2C[C@@H](C(=O)NCc3ccccc3F)CC2=O)cc1. The minimum Gasteiger partial charge on any atom is -0.352 e. The molecule has 5 heteroatoms. The molecule has 0 saturated carbocycles. The van der Waals surface area contributed by atoms with Crippen molar-refractivity contribution in [1.29, 1.82) is 0 Å². The van der Waals surface area contributed by atoms with Crippen molar-refractivity contribution in [3.63, 3.8) is 0 Å². The van der Waals surface area contributed by atoms with E-state index >= 15 is 0 Å². The van der Waals surface area contributed by atoms with Gasteiger partial charge in [-0.3, -0.25) is 9.59 Å². The van der Waals surface area contributed by atoms with Gasteiger partial charge in [0.1, 0.15) is 5.82 Å². The molecule has 2 aromatic carbocycles. The van der Waals surface area contributed by atoms with E-state index in [1.807, 2.05) is 24.3 Å².